The van der Waals surface area contributed by atoms with E-state index < -0.39 is 0 Å². The number of ether oxygens (including phenoxy) is 1. The summed E-state index contributed by atoms with van der Waals surface area (Å²) in [4.78, 5) is 22.4. The molecule has 1 fully saturated rings. The Hall–Kier alpha value is -2.70. The molecule has 30 heavy (non-hydrogen) atoms. The first-order valence-electron chi connectivity index (χ1n) is 10.3. The molecule has 0 saturated carbocycles. The van der Waals surface area contributed by atoms with Crippen LogP contribution in [0.3, 0.4) is 0 Å². The third kappa shape index (κ3) is 5.07. The summed E-state index contributed by atoms with van der Waals surface area (Å²) in [6.45, 7) is 8.68. The number of aromatic nitrogens is 1. The number of thiophene rings is 1. The van der Waals surface area contributed by atoms with E-state index >= 15 is 0 Å². The topological polar surface area (TPSA) is 45.7 Å². The summed E-state index contributed by atoms with van der Waals surface area (Å²) in [5.74, 6) is 1.01. The lowest BCUT2D eigenvalue weighted by molar-refractivity contribution is 0.0631. The molecule has 3 heterocycles. The number of rotatable bonds is 6. The Balaban J connectivity index is 1.29. The standard InChI is InChI=1S/C24H27N3O2S/c1-18-6-7-22(19(2)13-18)29-16-20-14-23(30-17-20)24(28)27-11-9-26(10-12-27)15-21-5-3-4-8-25-21/h3-8,13-14,17H,9-12,15-16H2,1-2H3. The molecule has 0 aliphatic carbocycles. The minimum absolute atomic E-state index is 0.121. The SMILES string of the molecule is Cc1ccc(OCc2csc(C(=O)N3CCN(Cc4ccccn4)CC3)c2)c(C)c1. The second-order valence-corrected chi connectivity index (χ2v) is 8.68. The molecule has 0 unspecified atom stereocenters. The minimum Gasteiger partial charge on any atom is -0.489 e. The number of amides is 1. The Morgan fingerprint density at radius 1 is 1.10 bits per heavy atom. The summed E-state index contributed by atoms with van der Waals surface area (Å²) >= 11 is 1.50. The molecular weight excluding hydrogens is 394 g/mol. The molecule has 1 aromatic carbocycles. The van der Waals surface area contributed by atoms with E-state index in [2.05, 4.69) is 35.9 Å². The van der Waals surface area contributed by atoms with E-state index in [0.717, 1.165) is 60.2 Å². The van der Waals surface area contributed by atoms with Crippen LogP contribution in [0.5, 0.6) is 5.75 Å². The van der Waals surface area contributed by atoms with Gasteiger partial charge in [-0.3, -0.25) is 14.7 Å². The predicted molar refractivity (Wildman–Crippen MR) is 120 cm³/mol. The van der Waals surface area contributed by atoms with Gasteiger partial charge in [-0.05, 0) is 49.1 Å². The van der Waals surface area contributed by atoms with Gasteiger partial charge in [-0.2, -0.15) is 0 Å². The maximum absolute atomic E-state index is 12.9. The van der Waals surface area contributed by atoms with Gasteiger partial charge in [0.1, 0.15) is 12.4 Å². The molecule has 0 atom stereocenters. The zero-order valence-electron chi connectivity index (χ0n) is 17.5. The lowest BCUT2D eigenvalue weighted by Crippen LogP contribution is -2.48. The number of hydrogen-bond donors (Lipinski definition) is 0. The maximum Gasteiger partial charge on any atom is 0.264 e. The van der Waals surface area contributed by atoms with E-state index in [1.165, 1.54) is 16.9 Å². The van der Waals surface area contributed by atoms with Gasteiger partial charge in [-0.25, -0.2) is 0 Å². The number of pyridine rings is 1. The van der Waals surface area contributed by atoms with E-state index in [0.29, 0.717) is 6.61 Å². The summed E-state index contributed by atoms with van der Waals surface area (Å²) < 4.78 is 5.96. The number of benzene rings is 1. The molecule has 1 aliphatic heterocycles. The Morgan fingerprint density at radius 2 is 1.93 bits per heavy atom. The zero-order valence-corrected chi connectivity index (χ0v) is 18.3. The van der Waals surface area contributed by atoms with Crippen molar-refractivity contribution in [3.63, 3.8) is 0 Å². The van der Waals surface area contributed by atoms with Crippen molar-refractivity contribution in [1.29, 1.82) is 0 Å². The number of carbonyl (C=O) groups is 1. The quantitative estimate of drug-likeness (QED) is 0.595. The Labute approximate surface area is 181 Å². The highest BCUT2D eigenvalue weighted by atomic mass is 32.1. The Morgan fingerprint density at radius 3 is 2.67 bits per heavy atom. The molecule has 6 heteroatoms. The van der Waals surface area contributed by atoms with Crippen LogP contribution >= 0.6 is 11.3 Å². The van der Waals surface area contributed by atoms with E-state index in [9.17, 15) is 4.79 Å². The highest BCUT2D eigenvalue weighted by Gasteiger charge is 2.23. The summed E-state index contributed by atoms with van der Waals surface area (Å²) in [5, 5.41) is 2.02. The van der Waals surface area contributed by atoms with Gasteiger partial charge in [0.05, 0.1) is 10.6 Å². The van der Waals surface area contributed by atoms with Gasteiger partial charge in [0, 0.05) is 44.5 Å². The van der Waals surface area contributed by atoms with E-state index in [1.807, 2.05) is 46.8 Å². The largest absolute Gasteiger partial charge is 0.489 e. The number of hydrogen-bond acceptors (Lipinski definition) is 5. The number of nitrogens with zero attached hydrogens (tertiary/aromatic N) is 3. The monoisotopic (exact) mass is 421 g/mol. The van der Waals surface area contributed by atoms with Crippen LogP contribution in [0.1, 0.15) is 32.1 Å². The van der Waals surface area contributed by atoms with Crippen LogP contribution in [0, 0.1) is 13.8 Å². The summed E-state index contributed by atoms with van der Waals surface area (Å²) in [6, 6.07) is 14.1. The molecular formula is C24H27N3O2S. The molecule has 0 N–H and O–H groups in total. The average Bonchev–Trinajstić information content (AvgIpc) is 3.23. The van der Waals surface area contributed by atoms with Crippen molar-refractivity contribution in [3.05, 3.63) is 81.3 Å². The van der Waals surface area contributed by atoms with Gasteiger partial charge in [-0.15, -0.1) is 11.3 Å². The van der Waals surface area contributed by atoms with E-state index in [1.54, 1.807) is 0 Å². The summed E-state index contributed by atoms with van der Waals surface area (Å²) in [7, 11) is 0. The molecule has 1 aliphatic rings. The normalized spacial score (nSPS) is 14.7. The highest BCUT2D eigenvalue weighted by Crippen LogP contribution is 2.23. The lowest BCUT2D eigenvalue weighted by Gasteiger charge is -2.34. The van der Waals surface area contributed by atoms with Crippen molar-refractivity contribution in [2.24, 2.45) is 0 Å². The Bertz CT molecular complexity index is 995. The molecule has 1 saturated heterocycles. The van der Waals surface area contributed by atoms with Crippen LogP contribution in [-0.4, -0.2) is 46.9 Å². The fourth-order valence-corrected chi connectivity index (χ4v) is 4.54. The van der Waals surface area contributed by atoms with Crippen molar-refractivity contribution in [3.8, 4) is 5.75 Å². The van der Waals surface area contributed by atoms with Crippen molar-refractivity contribution in [2.45, 2.75) is 27.0 Å². The zero-order chi connectivity index (χ0) is 20.9. The van der Waals surface area contributed by atoms with Gasteiger partial charge in [0.15, 0.2) is 0 Å². The van der Waals surface area contributed by atoms with E-state index in [4.69, 9.17) is 4.74 Å². The molecule has 0 bridgehead atoms. The molecule has 0 spiro atoms. The van der Waals surface area contributed by atoms with Crippen molar-refractivity contribution < 1.29 is 9.53 Å². The first-order chi connectivity index (χ1) is 14.6. The number of piperazine rings is 1. The number of carbonyl (C=O) groups excluding carboxylic acids is 1. The van der Waals surface area contributed by atoms with Gasteiger partial charge in [0.2, 0.25) is 0 Å². The molecule has 5 nitrogen and oxygen atoms in total. The van der Waals surface area contributed by atoms with Crippen LogP contribution in [0.4, 0.5) is 0 Å². The molecule has 156 valence electrons. The van der Waals surface area contributed by atoms with Crippen LogP contribution in [-0.2, 0) is 13.2 Å². The van der Waals surface area contributed by atoms with Crippen LogP contribution in [0.2, 0.25) is 0 Å². The van der Waals surface area contributed by atoms with Crippen molar-refractivity contribution >= 4 is 17.2 Å². The lowest BCUT2D eigenvalue weighted by atomic mass is 10.1. The molecule has 4 rings (SSSR count). The van der Waals surface area contributed by atoms with Gasteiger partial charge in [-0.1, -0.05) is 23.8 Å². The molecule has 2 aromatic heterocycles. The molecule has 0 radical (unpaired) electrons. The van der Waals surface area contributed by atoms with E-state index in [-0.39, 0.29) is 5.91 Å². The smallest absolute Gasteiger partial charge is 0.264 e. The van der Waals surface area contributed by atoms with Crippen LogP contribution < -0.4 is 4.74 Å². The number of aryl methyl sites for hydroxylation is 2. The third-order valence-electron chi connectivity index (χ3n) is 5.36. The van der Waals surface area contributed by atoms with Crippen molar-refractivity contribution in [1.82, 2.24) is 14.8 Å². The first-order valence-corrected chi connectivity index (χ1v) is 11.2. The maximum atomic E-state index is 12.9. The first kappa shape index (κ1) is 20.6. The summed E-state index contributed by atoms with van der Waals surface area (Å²) in [5.41, 5.74) is 4.47. The fourth-order valence-electron chi connectivity index (χ4n) is 3.67. The van der Waals surface area contributed by atoms with Crippen LogP contribution in [0.15, 0.2) is 54.0 Å². The summed E-state index contributed by atoms with van der Waals surface area (Å²) in [6.07, 6.45) is 1.83. The average molecular weight is 422 g/mol. The molecule has 1 amide bonds. The second kappa shape index (κ2) is 9.41. The fraction of sp³-hybridized carbons (Fsp3) is 0.333. The predicted octanol–water partition coefficient (Wildman–Crippen LogP) is 4.30. The van der Waals surface area contributed by atoms with Gasteiger partial charge in [0.25, 0.3) is 5.91 Å². The third-order valence-corrected chi connectivity index (χ3v) is 6.33. The van der Waals surface area contributed by atoms with Gasteiger partial charge >= 0.3 is 0 Å². The second-order valence-electron chi connectivity index (χ2n) is 7.77. The minimum atomic E-state index is 0.121. The Kier molecular flexibility index (Phi) is 6.45. The molecule has 3 aromatic rings. The van der Waals surface area contributed by atoms with Crippen LogP contribution in [0.25, 0.3) is 0 Å². The van der Waals surface area contributed by atoms with Crippen molar-refractivity contribution in [2.75, 3.05) is 26.2 Å². The highest BCUT2D eigenvalue weighted by molar-refractivity contribution is 7.12. The van der Waals surface area contributed by atoms with Gasteiger partial charge < -0.3 is 9.64 Å².